The van der Waals surface area contributed by atoms with Crippen molar-refractivity contribution in [2.45, 2.75) is 17.9 Å². The van der Waals surface area contributed by atoms with Crippen LogP contribution in [0.3, 0.4) is 0 Å². The highest BCUT2D eigenvalue weighted by Gasteiger charge is 2.18. The number of hydrogen-bond acceptors (Lipinski definition) is 3. The van der Waals surface area contributed by atoms with Crippen molar-refractivity contribution in [3.63, 3.8) is 0 Å². The molecule has 2 aromatic carbocycles. The second kappa shape index (κ2) is 8.67. The maximum absolute atomic E-state index is 12.2. The number of halogens is 2. The van der Waals surface area contributed by atoms with Gasteiger partial charge < -0.3 is 4.90 Å². The molecule has 0 saturated carbocycles. The average Bonchev–Trinajstić information content (AvgIpc) is 2.56. The summed E-state index contributed by atoms with van der Waals surface area (Å²) in [5.74, 6) is -0.193. The molecule has 0 aromatic heterocycles. The summed E-state index contributed by atoms with van der Waals surface area (Å²) in [5.41, 5.74) is 0.830. The first-order valence-corrected chi connectivity index (χ1v) is 9.77. The van der Waals surface area contributed by atoms with Crippen LogP contribution in [0.15, 0.2) is 53.4 Å². The van der Waals surface area contributed by atoms with Gasteiger partial charge in [-0.3, -0.25) is 4.79 Å². The predicted molar refractivity (Wildman–Crippen MR) is 99.2 cm³/mol. The molecule has 0 saturated heterocycles. The predicted octanol–water partition coefficient (Wildman–Crippen LogP) is 3.32. The number of benzene rings is 2. The molecule has 1 N–H and O–H groups in total. The molecule has 0 aliphatic heterocycles. The third kappa shape index (κ3) is 5.44. The van der Waals surface area contributed by atoms with E-state index in [1.165, 1.54) is 17.0 Å². The molecule has 0 radical (unpaired) electrons. The van der Waals surface area contributed by atoms with E-state index < -0.39 is 10.0 Å². The Kier molecular flexibility index (Phi) is 6.84. The highest BCUT2D eigenvalue weighted by atomic mass is 35.5. The quantitative estimate of drug-likeness (QED) is 0.774. The molecule has 25 heavy (non-hydrogen) atoms. The van der Waals surface area contributed by atoms with E-state index in [1.54, 1.807) is 25.2 Å². The fraction of sp³-hybridized carbons (Fsp3) is 0.235. The van der Waals surface area contributed by atoms with Crippen molar-refractivity contribution in [3.05, 3.63) is 64.1 Å². The first kappa shape index (κ1) is 19.7. The van der Waals surface area contributed by atoms with Crippen molar-refractivity contribution in [1.82, 2.24) is 9.62 Å². The Morgan fingerprint density at radius 3 is 2.28 bits per heavy atom. The largest absolute Gasteiger partial charge is 0.341 e. The Labute approximate surface area is 157 Å². The summed E-state index contributed by atoms with van der Waals surface area (Å²) >= 11 is 12.0. The molecule has 0 spiro atoms. The average molecular weight is 401 g/mol. The molecule has 2 aromatic rings. The van der Waals surface area contributed by atoms with Crippen LogP contribution in [-0.2, 0) is 21.4 Å². The molecule has 134 valence electrons. The van der Waals surface area contributed by atoms with Crippen molar-refractivity contribution < 1.29 is 13.2 Å². The number of nitrogens with one attached hydrogen (secondary N) is 1. The van der Waals surface area contributed by atoms with Crippen LogP contribution in [-0.4, -0.2) is 32.8 Å². The van der Waals surface area contributed by atoms with Crippen molar-refractivity contribution in [2.75, 3.05) is 13.6 Å². The lowest BCUT2D eigenvalue weighted by atomic mass is 10.2. The zero-order valence-electron chi connectivity index (χ0n) is 13.6. The molecule has 1 amide bonds. The molecule has 0 aliphatic rings. The van der Waals surface area contributed by atoms with Gasteiger partial charge >= 0.3 is 0 Å². The van der Waals surface area contributed by atoms with Crippen LogP contribution in [0.4, 0.5) is 0 Å². The number of nitrogens with zero attached hydrogens (tertiary/aromatic N) is 1. The lowest BCUT2D eigenvalue weighted by Gasteiger charge is -2.18. The van der Waals surface area contributed by atoms with E-state index in [1.807, 2.05) is 18.2 Å². The Morgan fingerprint density at radius 1 is 1.04 bits per heavy atom. The maximum Gasteiger partial charge on any atom is 0.242 e. The summed E-state index contributed by atoms with van der Waals surface area (Å²) in [7, 11) is -2.10. The van der Waals surface area contributed by atoms with Crippen molar-refractivity contribution in [3.8, 4) is 0 Å². The van der Waals surface area contributed by atoms with Gasteiger partial charge in [0, 0.05) is 31.6 Å². The van der Waals surface area contributed by atoms with Crippen molar-refractivity contribution in [2.24, 2.45) is 0 Å². The molecule has 2 rings (SSSR count). The second-order valence-electron chi connectivity index (χ2n) is 5.42. The lowest BCUT2D eigenvalue weighted by molar-refractivity contribution is -0.130. The van der Waals surface area contributed by atoms with Gasteiger partial charge in [-0.05, 0) is 23.8 Å². The monoisotopic (exact) mass is 400 g/mol. The third-order valence-corrected chi connectivity index (χ3v) is 5.88. The van der Waals surface area contributed by atoms with Gasteiger partial charge in [0.25, 0.3) is 0 Å². The van der Waals surface area contributed by atoms with Crippen molar-refractivity contribution in [1.29, 1.82) is 0 Å². The minimum atomic E-state index is -3.75. The van der Waals surface area contributed by atoms with E-state index in [4.69, 9.17) is 23.2 Å². The Hall–Kier alpha value is -1.60. The van der Waals surface area contributed by atoms with Gasteiger partial charge in [0.05, 0.1) is 5.02 Å². The number of rotatable bonds is 7. The van der Waals surface area contributed by atoms with Gasteiger partial charge in [-0.15, -0.1) is 0 Å². The van der Waals surface area contributed by atoms with E-state index >= 15 is 0 Å². The van der Waals surface area contributed by atoms with E-state index in [0.717, 1.165) is 5.56 Å². The van der Waals surface area contributed by atoms with Gasteiger partial charge in [0.1, 0.15) is 4.90 Å². The van der Waals surface area contributed by atoms with Crippen LogP contribution < -0.4 is 4.72 Å². The Morgan fingerprint density at radius 2 is 1.64 bits per heavy atom. The van der Waals surface area contributed by atoms with Crippen LogP contribution in [0.2, 0.25) is 10.0 Å². The fourth-order valence-electron chi connectivity index (χ4n) is 2.19. The SMILES string of the molecule is CN(Cc1ccccc1Cl)C(=O)CCNS(=O)(=O)c1ccccc1Cl. The summed E-state index contributed by atoms with van der Waals surface area (Å²) < 4.78 is 26.8. The van der Waals surface area contributed by atoms with Gasteiger partial charge in [0.2, 0.25) is 15.9 Å². The number of carbonyl (C=O) groups excluding carboxylic acids is 1. The van der Waals surface area contributed by atoms with E-state index in [2.05, 4.69) is 4.72 Å². The summed E-state index contributed by atoms with van der Waals surface area (Å²) in [6, 6.07) is 13.4. The highest BCUT2D eigenvalue weighted by molar-refractivity contribution is 7.89. The van der Waals surface area contributed by atoms with Gasteiger partial charge in [-0.2, -0.15) is 0 Å². The topological polar surface area (TPSA) is 66.5 Å². The number of sulfonamides is 1. The lowest BCUT2D eigenvalue weighted by Crippen LogP contribution is -2.32. The van der Waals surface area contributed by atoms with Crippen LogP contribution in [0.5, 0.6) is 0 Å². The molecule has 0 bridgehead atoms. The third-order valence-electron chi connectivity index (χ3n) is 3.55. The minimum absolute atomic E-state index is 0.00598. The molecule has 0 heterocycles. The fourth-order valence-corrected chi connectivity index (χ4v) is 3.94. The first-order valence-electron chi connectivity index (χ1n) is 7.53. The Bertz CT molecular complexity index is 856. The second-order valence-corrected chi connectivity index (χ2v) is 7.97. The Balaban J connectivity index is 1.90. The summed E-state index contributed by atoms with van der Waals surface area (Å²) in [6.07, 6.45) is 0.0324. The summed E-state index contributed by atoms with van der Waals surface area (Å²) in [4.78, 5) is 13.7. The standard InChI is InChI=1S/C17H18Cl2N2O3S/c1-21(12-13-6-2-3-7-14(13)18)17(22)10-11-20-25(23,24)16-9-5-4-8-15(16)19/h2-9,20H,10-12H2,1H3. The molecule has 0 unspecified atom stereocenters. The zero-order chi connectivity index (χ0) is 18.4. The van der Waals surface area contributed by atoms with Crippen LogP contribution >= 0.6 is 23.2 Å². The zero-order valence-corrected chi connectivity index (χ0v) is 15.9. The molecule has 5 nitrogen and oxygen atoms in total. The van der Waals surface area contributed by atoms with Gasteiger partial charge in [-0.25, -0.2) is 13.1 Å². The van der Waals surface area contributed by atoms with E-state index in [-0.39, 0.29) is 28.8 Å². The first-order chi connectivity index (χ1) is 11.8. The molecule has 0 aliphatic carbocycles. The number of amides is 1. The maximum atomic E-state index is 12.2. The molecular weight excluding hydrogens is 383 g/mol. The molecular formula is C17H18Cl2N2O3S. The van der Waals surface area contributed by atoms with Crippen LogP contribution in [0.1, 0.15) is 12.0 Å². The number of carbonyl (C=O) groups is 1. The minimum Gasteiger partial charge on any atom is -0.341 e. The normalized spacial score (nSPS) is 11.3. The van der Waals surface area contributed by atoms with Crippen LogP contribution in [0, 0.1) is 0 Å². The highest BCUT2D eigenvalue weighted by Crippen LogP contribution is 2.20. The molecule has 8 heteroatoms. The van der Waals surface area contributed by atoms with Gasteiger partial charge in [-0.1, -0.05) is 53.5 Å². The molecule has 0 atom stereocenters. The summed E-state index contributed by atoms with van der Waals surface area (Å²) in [5, 5.41) is 0.721. The molecule has 0 fully saturated rings. The van der Waals surface area contributed by atoms with E-state index in [9.17, 15) is 13.2 Å². The van der Waals surface area contributed by atoms with E-state index in [0.29, 0.717) is 11.6 Å². The smallest absolute Gasteiger partial charge is 0.242 e. The van der Waals surface area contributed by atoms with Crippen molar-refractivity contribution >= 4 is 39.1 Å². The van der Waals surface area contributed by atoms with Gasteiger partial charge in [0.15, 0.2) is 0 Å². The number of hydrogen-bond donors (Lipinski definition) is 1. The van der Waals surface area contributed by atoms with Crippen LogP contribution in [0.25, 0.3) is 0 Å². The summed E-state index contributed by atoms with van der Waals surface area (Å²) in [6.45, 7) is 0.342.